The molecule has 1 aromatic heterocycles. The van der Waals surface area contributed by atoms with Crippen molar-refractivity contribution in [3.8, 4) is 0 Å². The Morgan fingerprint density at radius 3 is 2.42 bits per heavy atom. The van der Waals surface area contributed by atoms with Gasteiger partial charge in [0.2, 0.25) is 10.0 Å². The van der Waals surface area contributed by atoms with Gasteiger partial charge in [0.1, 0.15) is 5.76 Å². The number of rotatable bonds is 5. The van der Waals surface area contributed by atoms with E-state index in [0.29, 0.717) is 29.7 Å². The minimum atomic E-state index is -3.40. The first-order valence-electron chi connectivity index (χ1n) is 7.99. The van der Waals surface area contributed by atoms with Crippen molar-refractivity contribution in [3.63, 3.8) is 0 Å². The van der Waals surface area contributed by atoms with Crippen LogP contribution in [0.25, 0.3) is 0 Å². The summed E-state index contributed by atoms with van der Waals surface area (Å²) in [6.45, 7) is 3.58. The van der Waals surface area contributed by atoms with Crippen LogP contribution in [0.5, 0.6) is 0 Å². The summed E-state index contributed by atoms with van der Waals surface area (Å²) in [5.41, 5.74) is 1.05. The van der Waals surface area contributed by atoms with Gasteiger partial charge in [-0.25, -0.2) is 8.42 Å². The van der Waals surface area contributed by atoms with E-state index in [9.17, 15) is 8.42 Å². The highest BCUT2D eigenvalue weighted by Crippen LogP contribution is 2.21. The molecule has 1 aromatic carbocycles. The summed E-state index contributed by atoms with van der Waals surface area (Å²) < 4.78 is 32.2. The molecule has 1 fully saturated rings. The Morgan fingerprint density at radius 2 is 1.83 bits per heavy atom. The number of nitrogens with one attached hydrogen (secondary N) is 1. The predicted octanol–water partition coefficient (Wildman–Crippen LogP) is 3.18. The summed E-state index contributed by atoms with van der Waals surface area (Å²) >= 11 is 5.75. The van der Waals surface area contributed by atoms with Crippen LogP contribution in [0.15, 0.2) is 45.7 Å². The maximum absolute atomic E-state index is 12.7. The van der Waals surface area contributed by atoms with Crippen molar-refractivity contribution in [3.05, 3.63) is 52.9 Å². The van der Waals surface area contributed by atoms with Crippen LogP contribution in [0.1, 0.15) is 24.2 Å². The summed E-state index contributed by atoms with van der Waals surface area (Å²) in [7, 11) is -3.40. The lowest BCUT2D eigenvalue weighted by molar-refractivity contribution is 0.284. The first-order valence-corrected chi connectivity index (χ1v) is 9.81. The number of benzene rings is 1. The average Bonchev–Trinajstić information content (AvgIpc) is 2.99. The summed E-state index contributed by atoms with van der Waals surface area (Å²) in [6, 6.07) is 10.8. The largest absolute Gasteiger partial charge is 0.448 e. The fourth-order valence-corrected chi connectivity index (χ4v) is 4.48. The SMILES string of the molecule is Cc1ccc(S(=O)(=O)N2CCC(NCc3ccc(Cl)o3)CC2)cc1. The van der Waals surface area contributed by atoms with E-state index in [0.717, 1.165) is 24.2 Å². The van der Waals surface area contributed by atoms with Gasteiger partial charge < -0.3 is 9.73 Å². The molecule has 5 nitrogen and oxygen atoms in total. The molecule has 0 spiro atoms. The average molecular weight is 369 g/mol. The first kappa shape index (κ1) is 17.5. The van der Waals surface area contributed by atoms with Gasteiger partial charge in [0.15, 0.2) is 5.22 Å². The van der Waals surface area contributed by atoms with Crippen LogP contribution in [-0.4, -0.2) is 31.9 Å². The van der Waals surface area contributed by atoms with Crippen LogP contribution < -0.4 is 5.32 Å². The number of sulfonamides is 1. The smallest absolute Gasteiger partial charge is 0.243 e. The molecule has 24 heavy (non-hydrogen) atoms. The van der Waals surface area contributed by atoms with E-state index in [2.05, 4.69) is 5.32 Å². The van der Waals surface area contributed by atoms with Gasteiger partial charge in [0.25, 0.3) is 0 Å². The van der Waals surface area contributed by atoms with Gasteiger partial charge in [0, 0.05) is 19.1 Å². The zero-order valence-corrected chi connectivity index (χ0v) is 15.1. The van der Waals surface area contributed by atoms with E-state index in [4.69, 9.17) is 16.0 Å². The Balaban J connectivity index is 1.55. The minimum Gasteiger partial charge on any atom is -0.448 e. The second kappa shape index (κ2) is 7.27. The monoisotopic (exact) mass is 368 g/mol. The second-order valence-electron chi connectivity index (χ2n) is 6.08. The topological polar surface area (TPSA) is 62.6 Å². The maximum atomic E-state index is 12.7. The van der Waals surface area contributed by atoms with Gasteiger partial charge in [0.05, 0.1) is 11.4 Å². The fourth-order valence-electron chi connectivity index (χ4n) is 2.85. The van der Waals surface area contributed by atoms with Crippen LogP contribution >= 0.6 is 11.6 Å². The van der Waals surface area contributed by atoms with E-state index in [-0.39, 0.29) is 6.04 Å². The van der Waals surface area contributed by atoms with Gasteiger partial charge in [-0.1, -0.05) is 17.7 Å². The molecule has 0 aliphatic carbocycles. The lowest BCUT2D eigenvalue weighted by atomic mass is 10.1. The molecule has 7 heteroatoms. The molecule has 1 aliphatic rings. The quantitative estimate of drug-likeness (QED) is 0.880. The molecule has 0 amide bonds. The summed E-state index contributed by atoms with van der Waals surface area (Å²) in [5, 5.41) is 3.78. The highest BCUT2D eigenvalue weighted by Gasteiger charge is 2.29. The number of hydrogen-bond acceptors (Lipinski definition) is 4. The Morgan fingerprint density at radius 1 is 1.17 bits per heavy atom. The molecule has 2 heterocycles. The molecule has 130 valence electrons. The third kappa shape index (κ3) is 4.00. The van der Waals surface area contributed by atoms with Gasteiger partial charge >= 0.3 is 0 Å². The van der Waals surface area contributed by atoms with Crippen LogP contribution in [0.2, 0.25) is 5.22 Å². The lowest BCUT2D eigenvalue weighted by Gasteiger charge is -2.31. The molecule has 0 bridgehead atoms. The zero-order chi connectivity index (χ0) is 17.2. The molecule has 3 rings (SSSR count). The van der Waals surface area contributed by atoms with Gasteiger partial charge in [-0.2, -0.15) is 4.31 Å². The van der Waals surface area contributed by atoms with E-state index >= 15 is 0 Å². The van der Waals surface area contributed by atoms with E-state index in [1.165, 1.54) is 0 Å². The van der Waals surface area contributed by atoms with Crippen molar-refractivity contribution in [2.75, 3.05) is 13.1 Å². The number of furan rings is 1. The van der Waals surface area contributed by atoms with E-state index in [1.807, 2.05) is 25.1 Å². The Hall–Kier alpha value is -1.34. The molecule has 0 unspecified atom stereocenters. The standard InChI is InChI=1S/C17H21ClN2O3S/c1-13-2-5-16(6-3-13)24(21,22)20-10-8-14(9-11-20)19-12-15-4-7-17(18)23-15/h2-7,14,19H,8-12H2,1H3. The van der Waals surface area contributed by atoms with Gasteiger partial charge in [-0.15, -0.1) is 0 Å². The highest BCUT2D eigenvalue weighted by atomic mass is 35.5. The maximum Gasteiger partial charge on any atom is 0.243 e. The molecule has 0 atom stereocenters. The molecule has 1 saturated heterocycles. The molecule has 0 radical (unpaired) electrons. The number of aryl methyl sites for hydroxylation is 1. The molecular formula is C17H21ClN2O3S. The number of hydrogen-bond donors (Lipinski definition) is 1. The van der Waals surface area contributed by atoms with Crippen molar-refractivity contribution in [2.45, 2.75) is 37.2 Å². The van der Waals surface area contributed by atoms with Crippen molar-refractivity contribution >= 4 is 21.6 Å². The Labute approximate surface area is 147 Å². The van der Waals surface area contributed by atoms with Crippen molar-refractivity contribution in [2.24, 2.45) is 0 Å². The van der Waals surface area contributed by atoms with Crippen LogP contribution in [0, 0.1) is 6.92 Å². The van der Waals surface area contributed by atoms with Crippen molar-refractivity contribution < 1.29 is 12.8 Å². The van der Waals surface area contributed by atoms with Crippen LogP contribution in [-0.2, 0) is 16.6 Å². The second-order valence-corrected chi connectivity index (χ2v) is 8.39. The minimum absolute atomic E-state index is 0.276. The third-order valence-electron chi connectivity index (χ3n) is 4.31. The highest BCUT2D eigenvalue weighted by molar-refractivity contribution is 7.89. The molecule has 2 aromatic rings. The molecule has 0 saturated carbocycles. The van der Waals surface area contributed by atoms with Crippen molar-refractivity contribution in [1.29, 1.82) is 0 Å². The first-order chi connectivity index (χ1) is 11.4. The van der Waals surface area contributed by atoms with E-state index in [1.54, 1.807) is 22.5 Å². The lowest BCUT2D eigenvalue weighted by Crippen LogP contribution is -2.44. The Kier molecular flexibility index (Phi) is 5.30. The number of halogens is 1. The summed E-state index contributed by atoms with van der Waals surface area (Å²) in [6.07, 6.45) is 1.55. The van der Waals surface area contributed by atoms with E-state index < -0.39 is 10.0 Å². The molecule has 1 N–H and O–H groups in total. The third-order valence-corrected chi connectivity index (χ3v) is 6.42. The summed E-state index contributed by atoms with van der Waals surface area (Å²) in [4.78, 5) is 0.365. The normalized spacial score (nSPS) is 17.2. The number of nitrogens with zero attached hydrogens (tertiary/aromatic N) is 1. The molecular weight excluding hydrogens is 348 g/mol. The van der Waals surface area contributed by atoms with Crippen LogP contribution in [0.3, 0.4) is 0 Å². The summed E-state index contributed by atoms with van der Waals surface area (Å²) in [5.74, 6) is 0.787. The van der Waals surface area contributed by atoms with Crippen molar-refractivity contribution in [1.82, 2.24) is 9.62 Å². The predicted molar refractivity (Wildman–Crippen MR) is 93.5 cm³/mol. The van der Waals surface area contributed by atoms with Crippen LogP contribution in [0.4, 0.5) is 0 Å². The Bertz CT molecular complexity index is 778. The molecule has 1 aliphatic heterocycles. The van der Waals surface area contributed by atoms with Gasteiger partial charge in [-0.3, -0.25) is 0 Å². The van der Waals surface area contributed by atoms with Gasteiger partial charge in [-0.05, 0) is 55.6 Å². The fraction of sp³-hybridized carbons (Fsp3) is 0.412. The zero-order valence-electron chi connectivity index (χ0n) is 13.5. The number of piperidine rings is 1.